The van der Waals surface area contributed by atoms with Crippen molar-refractivity contribution < 1.29 is 19.1 Å². The molecule has 6 nitrogen and oxygen atoms in total. The fraction of sp³-hybridized carbons (Fsp3) is 0.200. The number of carbonyl (C=O) groups is 2. The van der Waals surface area contributed by atoms with Crippen LogP contribution < -0.4 is 9.47 Å². The summed E-state index contributed by atoms with van der Waals surface area (Å²) < 4.78 is 10.9. The van der Waals surface area contributed by atoms with Crippen LogP contribution in [0.1, 0.15) is 56.1 Å². The smallest absolute Gasteiger partial charge is 0.311 e. The molecule has 0 radical (unpaired) electrons. The van der Waals surface area contributed by atoms with Gasteiger partial charge in [-0.2, -0.15) is 10.5 Å². The highest BCUT2D eigenvalue weighted by Crippen LogP contribution is 2.24. The van der Waals surface area contributed by atoms with E-state index in [9.17, 15) is 9.59 Å². The first kappa shape index (κ1) is 28.8. The first-order valence-corrected chi connectivity index (χ1v) is 13.7. The second-order valence-electron chi connectivity index (χ2n) is 9.64. The van der Waals surface area contributed by atoms with E-state index in [2.05, 4.69) is 12.1 Å². The summed E-state index contributed by atoms with van der Waals surface area (Å²) in [6.45, 7) is 0. The fourth-order valence-corrected chi connectivity index (χ4v) is 4.34. The van der Waals surface area contributed by atoms with Crippen molar-refractivity contribution in [1.82, 2.24) is 0 Å². The number of carbonyl (C=O) groups excluding carboxylic acids is 2. The first-order valence-electron chi connectivity index (χ1n) is 13.7. The van der Waals surface area contributed by atoms with E-state index >= 15 is 0 Å². The molecule has 0 N–H and O–H groups in total. The second-order valence-corrected chi connectivity index (χ2v) is 9.64. The molecule has 204 valence electrons. The maximum atomic E-state index is 12.2. The van der Waals surface area contributed by atoms with Crippen LogP contribution in [0.5, 0.6) is 11.5 Å². The highest BCUT2D eigenvalue weighted by Gasteiger charge is 2.08. The summed E-state index contributed by atoms with van der Waals surface area (Å²) in [5.41, 5.74) is 5.17. The Labute approximate surface area is 240 Å². The Morgan fingerprint density at radius 1 is 0.463 bits per heavy atom. The van der Waals surface area contributed by atoms with E-state index in [0.29, 0.717) is 35.5 Å². The van der Waals surface area contributed by atoms with Crippen LogP contribution in [0.3, 0.4) is 0 Å². The van der Waals surface area contributed by atoms with Gasteiger partial charge in [-0.25, -0.2) is 0 Å². The zero-order valence-electron chi connectivity index (χ0n) is 22.7. The molecule has 0 aromatic heterocycles. The third-order valence-corrected chi connectivity index (χ3v) is 6.63. The Morgan fingerprint density at radius 2 is 0.756 bits per heavy atom. The molecule has 0 saturated carbocycles. The van der Waals surface area contributed by atoms with Crippen molar-refractivity contribution in [3.05, 3.63) is 108 Å². The maximum Gasteiger partial charge on any atom is 0.311 e. The number of nitriles is 2. The van der Waals surface area contributed by atoms with Crippen LogP contribution in [-0.4, -0.2) is 11.9 Å². The van der Waals surface area contributed by atoms with E-state index in [1.54, 1.807) is 48.5 Å². The minimum Gasteiger partial charge on any atom is -0.427 e. The van der Waals surface area contributed by atoms with Gasteiger partial charge in [-0.1, -0.05) is 67.8 Å². The van der Waals surface area contributed by atoms with Crippen LogP contribution in [0.15, 0.2) is 97.1 Å². The maximum absolute atomic E-state index is 12.2. The number of hydrogen-bond donors (Lipinski definition) is 0. The van der Waals surface area contributed by atoms with Gasteiger partial charge >= 0.3 is 11.9 Å². The monoisotopic (exact) mass is 542 g/mol. The van der Waals surface area contributed by atoms with Crippen molar-refractivity contribution in [1.29, 1.82) is 10.5 Å². The Balaban J connectivity index is 1.07. The summed E-state index contributed by atoms with van der Waals surface area (Å²) in [6, 6.07) is 33.5. The lowest BCUT2D eigenvalue weighted by Gasteiger charge is -2.07. The predicted octanol–water partition coefficient (Wildman–Crippen LogP) is 8.01. The molecular formula is C35H30N2O4. The molecule has 4 aromatic rings. The molecule has 0 aliphatic heterocycles. The number of benzene rings is 4. The number of rotatable bonds is 12. The van der Waals surface area contributed by atoms with Crippen molar-refractivity contribution >= 4 is 11.9 Å². The van der Waals surface area contributed by atoms with E-state index in [0.717, 1.165) is 54.4 Å². The van der Waals surface area contributed by atoms with Gasteiger partial charge in [0.15, 0.2) is 0 Å². The summed E-state index contributed by atoms with van der Waals surface area (Å²) in [4.78, 5) is 24.4. The third kappa shape index (κ3) is 8.92. The average Bonchev–Trinajstić information content (AvgIpc) is 3.01. The Kier molecular flexibility index (Phi) is 10.4. The van der Waals surface area contributed by atoms with E-state index in [-0.39, 0.29) is 11.9 Å². The van der Waals surface area contributed by atoms with Gasteiger partial charge in [-0.15, -0.1) is 0 Å². The molecular weight excluding hydrogens is 512 g/mol. The summed E-state index contributed by atoms with van der Waals surface area (Å²) in [5.74, 6) is 0.499. The van der Waals surface area contributed by atoms with Crippen LogP contribution in [0.4, 0.5) is 0 Å². The van der Waals surface area contributed by atoms with Crippen LogP contribution in [-0.2, 0) is 9.59 Å². The SMILES string of the molecule is N#Cc1ccc(-c2ccc(OC(=O)CCCCCCCC(=O)Oc3ccc(-c4ccc(C#N)cc4)cc3)cc2)cc1. The Morgan fingerprint density at radius 3 is 1.07 bits per heavy atom. The summed E-state index contributed by atoms with van der Waals surface area (Å²) in [5, 5.41) is 17.8. The van der Waals surface area contributed by atoms with Gasteiger partial charge in [0.05, 0.1) is 23.3 Å². The second kappa shape index (κ2) is 14.8. The number of unbranched alkanes of at least 4 members (excludes halogenated alkanes) is 4. The van der Waals surface area contributed by atoms with Gasteiger partial charge in [-0.3, -0.25) is 9.59 Å². The van der Waals surface area contributed by atoms with Gasteiger partial charge < -0.3 is 9.47 Å². The van der Waals surface area contributed by atoms with Gasteiger partial charge in [-0.05, 0) is 83.6 Å². The Bertz CT molecular complexity index is 1410. The van der Waals surface area contributed by atoms with E-state index in [4.69, 9.17) is 20.0 Å². The highest BCUT2D eigenvalue weighted by molar-refractivity contribution is 5.74. The molecule has 41 heavy (non-hydrogen) atoms. The number of ether oxygens (including phenoxy) is 2. The molecule has 0 fully saturated rings. The standard InChI is InChI=1S/C35H30N2O4/c36-24-26-8-12-28(13-9-26)30-16-20-32(21-17-30)40-34(38)6-4-2-1-3-5-7-35(39)41-33-22-18-31(19-23-33)29-14-10-27(25-37)11-15-29/h8-23H,1-7H2. The normalized spacial score (nSPS) is 10.3. The van der Waals surface area contributed by atoms with Crippen LogP contribution in [0.25, 0.3) is 22.3 Å². The first-order chi connectivity index (χ1) is 20.0. The molecule has 0 aliphatic carbocycles. The zero-order chi connectivity index (χ0) is 28.9. The summed E-state index contributed by atoms with van der Waals surface area (Å²) >= 11 is 0. The van der Waals surface area contributed by atoms with Crippen molar-refractivity contribution in [3.63, 3.8) is 0 Å². The quantitative estimate of drug-likeness (QED) is 0.102. The van der Waals surface area contributed by atoms with Crippen LogP contribution >= 0.6 is 0 Å². The van der Waals surface area contributed by atoms with Gasteiger partial charge in [0, 0.05) is 12.8 Å². The molecule has 0 aliphatic rings. The molecule has 0 spiro atoms. The minimum absolute atomic E-state index is 0.259. The summed E-state index contributed by atoms with van der Waals surface area (Å²) in [7, 11) is 0. The van der Waals surface area contributed by atoms with Crippen molar-refractivity contribution in [2.24, 2.45) is 0 Å². The number of esters is 2. The predicted molar refractivity (Wildman–Crippen MR) is 157 cm³/mol. The molecule has 4 aromatic carbocycles. The molecule has 6 heteroatoms. The lowest BCUT2D eigenvalue weighted by molar-refractivity contribution is -0.135. The largest absolute Gasteiger partial charge is 0.427 e. The zero-order valence-corrected chi connectivity index (χ0v) is 22.7. The van der Waals surface area contributed by atoms with Gasteiger partial charge in [0.1, 0.15) is 11.5 Å². The van der Waals surface area contributed by atoms with Crippen molar-refractivity contribution in [3.8, 4) is 45.9 Å². The van der Waals surface area contributed by atoms with Crippen LogP contribution in [0, 0.1) is 22.7 Å². The van der Waals surface area contributed by atoms with Gasteiger partial charge in [0.2, 0.25) is 0 Å². The minimum atomic E-state index is -0.259. The lowest BCUT2D eigenvalue weighted by atomic mass is 10.0. The van der Waals surface area contributed by atoms with Gasteiger partial charge in [0.25, 0.3) is 0 Å². The lowest BCUT2D eigenvalue weighted by Crippen LogP contribution is -2.08. The molecule has 0 bridgehead atoms. The number of nitrogens with zero attached hydrogens (tertiary/aromatic N) is 2. The van der Waals surface area contributed by atoms with E-state index in [1.807, 2.05) is 48.5 Å². The van der Waals surface area contributed by atoms with E-state index < -0.39 is 0 Å². The van der Waals surface area contributed by atoms with Crippen molar-refractivity contribution in [2.75, 3.05) is 0 Å². The average molecular weight is 543 g/mol. The number of hydrogen-bond acceptors (Lipinski definition) is 6. The molecule has 0 heterocycles. The van der Waals surface area contributed by atoms with E-state index in [1.165, 1.54) is 0 Å². The Hall–Kier alpha value is -5.20. The topological polar surface area (TPSA) is 100 Å². The molecule has 0 amide bonds. The van der Waals surface area contributed by atoms with Crippen LogP contribution in [0.2, 0.25) is 0 Å². The molecule has 0 unspecified atom stereocenters. The fourth-order valence-electron chi connectivity index (χ4n) is 4.34. The summed E-state index contributed by atoms with van der Waals surface area (Å²) in [6.07, 6.45) is 4.86. The molecule has 0 saturated heterocycles. The third-order valence-electron chi connectivity index (χ3n) is 6.63. The molecule has 4 rings (SSSR count). The van der Waals surface area contributed by atoms with Crippen molar-refractivity contribution in [2.45, 2.75) is 44.9 Å². The molecule has 0 atom stereocenters. The highest BCUT2D eigenvalue weighted by atomic mass is 16.5.